The first-order valence-corrected chi connectivity index (χ1v) is 8.20. The van der Waals surface area contributed by atoms with Crippen molar-refractivity contribution in [3.05, 3.63) is 78.9 Å². The maximum atomic E-state index is 14.0. The molecule has 2 aliphatic rings. The third-order valence-corrected chi connectivity index (χ3v) is 4.27. The zero-order valence-electron chi connectivity index (χ0n) is 14.0. The summed E-state index contributed by atoms with van der Waals surface area (Å²) in [5.41, 5.74) is 10.2. The first-order chi connectivity index (χ1) is 12.6. The Labute approximate surface area is 150 Å². The molecule has 0 amide bonds. The molecule has 2 aliphatic heterocycles. The normalized spacial score (nSPS) is 11.0. The summed E-state index contributed by atoms with van der Waals surface area (Å²) >= 11 is 0. The van der Waals surface area contributed by atoms with Crippen molar-refractivity contribution in [3.63, 3.8) is 0 Å². The number of benzene rings is 2. The molecule has 0 aromatic heterocycles. The molecule has 0 bridgehead atoms. The van der Waals surface area contributed by atoms with E-state index in [1.165, 1.54) is 6.07 Å². The first kappa shape index (κ1) is 16.1. The highest BCUT2D eigenvalue weighted by Crippen LogP contribution is 2.30. The lowest BCUT2D eigenvalue weighted by Crippen LogP contribution is -2.33. The van der Waals surface area contributed by atoms with Gasteiger partial charge in [0, 0.05) is 23.5 Å². The van der Waals surface area contributed by atoms with Crippen LogP contribution in [0.3, 0.4) is 0 Å². The van der Waals surface area contributed by atoms with E-state index in [4.69, 9.17) is 11.6 Å². The van der Waals surface area contributed by atoms with E-state index in [9.17, 15) is 4.39 Å². The van der Waals surface area contributed by atoms with E-state index in [-0.39, 0.29) is 5.82 Å². The van der Waals surface area contributed by atoms with Crippen molar-refractivity contribution in [2.45, 2.75) is 6.67 Å². The van der Waals surface area contributed by atoms with Crippen LogP contribution in [0.15, 0.2) is 73.1 Å². The van der Waals surface area contributed by atoms with E-state index < -0.39 is 0 Å². The number of anilines is 2. The number of nitrogens with two attached hydrogens (primary N) is 2. The van der Waals surface area contributed by atoms with Crippen molar-refractivity contribution in [3.8, 4) is 22.5 Å². The fourth-order valence-electron chi connectivity index (χ4n) is 2.96. The summed E-state index contributed by atoms with van der Waals surface area (Å²) in [5.74, 6) is 5.87. The molecule has 0 fully saturated rings. The van der Waals surface area contributed by atoms with Gasteiger partial charge in [0.1, 0.15) is 12.5 Å². The summed E-state index contributed by atoms with van der Waals surface area (Å²) in [5, 5.41) is 1.57. The number of nitrogens with zero attached hydrogens (tertiary/aromatic N) is 3. The SMILES string of the molecule is Nc1ccccc1N(N)Cn1ccc2cc(-c3ccccc3F)nc-2c1. The molecule has 0 aliphatic carbocycles. The second-order valence-electron chi connectivity index (χ2n) is 6.09. The van der Waals surface area contributed by atoms with Gasteiger partial charge in [-0.3, -0.25) is 5.01 Å². The van der Waals surface area contributed by atoms with Gasteiger partial charge in [-0.2, -0.15) is 0 Å². The average molecular weight is 347 g/mol. The van der Waals surface area contributed by atoms with Crippen LogP contribution in [0.5, 0.6) is 0 Å². The molecule has 0 saturated carbocycles. The molecule has 0 radical (unpaired) electrons. The van der Waals surface area contributed by atoms with E-state index in [1.807, 2.05) is 53.4 Å². The zero-order valence-corrected chi connectivity index (χ0v) is 14.0. The first-order valence-electron chi connectivity index (χ1n) is 8.20. The fourth-order valence-corrected chi connectivity index (χ4v) is 2.96. The predicted molar refractivity (Wildman–Crippen MR) is 102 cm³/mol. The molecule has 26 heavy (non-hydrogen) atoms. The molecule has 0 unspecified atom stereocenters. The molecule has 2 aromatic rings. The van der Waals surface area contributed by atoms with Crippen molar-refractivity contribution in [2.75, 3.05) is 10.7 Å². The fraction of sp³-hybridized carbons (Fsp3) is 0.0500. The number of pyridine rings is 1. The lowest BCUT2D eigenvalue weighted by Gasteiger charge is -2.22. The van der Waals surface area contributed by atoms with Crippen LogP contribution in [0.25, 0.3) is 22.5 Å². The van der Waals surface area contributed by atoms with Gasteiger partial charge in [0.05, 0.1) is 22.8 Å². The Bertz CT molecular complexity index is 1030. The van der Waals surface area contributed by atoms with Gasteiger partial charge in [-0.1, -0.05) is 24.3 Å². The van der Waals surface area contributed by atoms with Gasteiger partial charge in [-0.25, -0.2) is 15.2 Å². The van der Waals surface area contributed by atoms with Crippen LogP contribution in [0, 0.1) is 5.82 Å². The number of hydrazine groups is 1. The van der Waals surface area contributed by atoms with Crippen molar-refractivity contribution in [1.29, 1.82) is 0 Å². The minimum atomic E-state index is -0.282. The minimum Gasteiger partial charge on any atom is -0.397 e. The molecule has 6 heteroatoms. The molecule has 4 rings (SSSR count). The number of fused-ring (bicyclic) bond motifs is 1. The van der Waals surface area contributed by atoms with Crippen molar-refractivity contribution in [1.82, 2.24) is 9.55 Å². The highest BCUT2D eigenvalue weighted by atomic mass is 19.1. The quantitative estimate of drug-likeness (QED) is 0.335. The number of aromatic nitrogens is 2. The van der Waals surface area contributed by atoms with Gasteiger partial charge < -0.3 is 10.3 Å². The second kappa shape index (κ2) is 6.50. The Balaban J connectivity index is 1.63. The molecule has 5 nitrogen and oxygen atoms in total. The molecule has 4 N–H and O–H groups in total. The van der Waals surface area contributed by atoms with Crippen LogP contribution in [0.2, 0.25) is 0 Å². The molecular weight excluding hydrogens is 329 g/mol. The molecular formula is C20H18FN5. The summed E-state index contributed by atoms with van der Waals surface area (Å²) in [6.07, 6.45) is 3.80. The maximum absolute atomic E-state index is 14.0. The van der Waals surface area contributed by atoms with Crippen molar-refractivity contribution in [2.24, 2.45) is 5.84 Å². The van der Waals surface area contributed by atoms with Crippen LogP contribution in [-0.2, 0) is 6.67 Å². The zero-order chi connectivity index (χ0) is 18.1. The van der Waals surface area contributed by atoms with Gasteiger partial charge in [-0.05, 0) is 36.4 Å². The Hall–Kier alpha value is -3.38. The predicted octanol–water partition coefficient (Wildman–Crippen LogP) is 3.71. The van der Waals surface area contributed by atoms with E-state index in [1.54, 1.807) is 23.2 Å². The van der Waals surface area contributed by atoms with Gasteiger partial charge >= 0.3 is 0 Å². The number of para-hydroxylation sites is 2. The van der Waals surface area contributed by atoms with Crippen LogP contribution in [-0.4, -0.2) is 9.55 Å². The standard InChI is InChI=1S/C20H18FN5/c21-16-6-2-1-5-15(16)18-11-14-9-10-25(12-19(14)24-18)13-26(23)20-8-4-3-7-17(20)22/h1-12H,13,22-23H2. The Morgan fingerprint density at radius 2 is 1.77 bits per heavy atom. The molecule has 0 spiro atoms. The smallest absolute Gasteiger partial charge is 0.132 e. The van der Waals surface area contributed by atoms with E-state index >= 15 is 0 Å². The largest absolute Gasteiger partial charge is 0.397 e. The van der Waals surface area contributed by atoms with E-state index in [0.29, 0.717) is 23.6 Å². The molecule has 0 saturated heterocycles. The number of hydrogen-bond donors (Lipinski definition) is 2. The lowest BCUT2D eigenvalue weighted by atomic mass is 10.1. The van der Waals surface area contributed by atoms with Crippen LogP contribution in [0.4, 0.5) is 15.8 Å². The van der Waals surface area contributed by atoms with Crippen molar-refractivity contribution < 1.29 is 4.39 Å². The third kappa shape index (κ3) is 2.98. The van der Waals surface area contributed by atoms with Crippen molar-refractivity contribution >= 4 is 11.4 Å². The summed E-state index contributed by atoms with van der Waals surface area (Å²) < 4.78 is 15.9. The Kier molecular flexibility index (Phi) is 4.02. The highest BCUT2D eigenvalue weighted by molar-refractivity contribution is 5.73. The van der Waals surface area contributed by atoms with Gasteiger partial charge in [0.25, 0.3) is 0 Å². The Morgan fingerprint density at radius 1 is 1.00 bits per heavy atom. The van der Waals surface area contributed by atoms with Crippen LogP contribution >= 0.6 is 0 Å². The second-order valence-corrected chi connectivity index (χ2v) is 6.09. The summed E-state index contributed by atoms with van der Waals surface area (Å²) in [6, 6.07) is 17.9. The van der Waals surface area contributed by atoms with Gasteiger partial charge in [-0.15, -0.1) is 0 Å². The number of hydrogen-bond acceptors (Lipinski definition) is 4. The monoisotopic (exact) mass is 347 g/mol. The van der Waals surface area contributed by atoms with Gasteiger partial charge in [0.15, 0.2) is 0 Å². The summed E-state index contributed by atoms with van der Waals surface area (Å²) in [6.45, 7) is 0.409. The van der Waals surface area contributed by atoms with E-state index in [0.717, 1.165) is 16.9 Å². The molecule has 130 valence electrons. The van der Waals surface area contributed by atoms with E-state index in [2.05, 4.69) is 4.98 Å². The highest BCUT2D eigenvalue weighted by Gasteiger charge is 2.14. The van der Waals surface area contributed by atoms with Crippen LogP contribution < -0.4 is 16.6 Å². The summed E-state index contributed by atoms with van der Waals surface area (Å²) in [4.78, 5) is 4.56. The topological polar surface area (TPSA) is 73.1 Å². The molecule has 0 atom stereocenters. The minimum absolute atomic E-state index is 0.282. The summed E-state index contributed by atoms with van der Waals surface area (Å²) in [7, 11) is 0. The third-order valence-electron chi connectivity index (χ3n) is 4.27. The number of halogens is 1. The van der Waals surface area contributed by atoms with Gasteiger partial charge in [0.2, 0.25) is 0 Å². The maximum Gasteiger partial charge on any atom is 0.132 e. The lowest BCUT2D eigenvalue weighted by molar-refractivity contribution is 0.631. The average Bonchev–Trinajstić information content (AvgIpc) is 3.05. The molecule has 2 heterocycles. The van der Waals surface area contributed by atoms with Crippen LogP contribution in [0.1, 0.15) is 0 Å². The Morgan fingerprint density at radius 3 is 2.58 bits per heavy atom. The number of rotatable bonds is 4. The number of nitrogen functional groups attached to an aromatic ring is 1. The molecule has 2 aromatic carbocycles.